The zero-order valence-corrected chi connectivity index (χ0v) is 23.9. The Kier molecular flexibility index (Phi) is 22.1. The van der Waals surface area contributed by atoms with Crippen LogP contribution in [0.2, 0.25) is 0 Å². The molecular weight excluding hydrogens is 384 g/mol. The molecule has 186 valence electrons. The molecule has 0 amide bonds. The Morgan fingerprint density at radius 1 is 0.469 bits per heavy atom. The van der Waals surface area contributed by atoms with Crippen LogP contribution in [0.4, 0.5) is 0 Å². The van der Waals surface area contributed by atoms with Gasteiger partial charge < -0.3 is 0 Å². The molecule has 0 atom stereocenters. The molecule has 0 rings (SSSR count). The first-order valence-corrected chi connectivity index (χ1v) is 13.2. The zero-order valence-electron chi connectivity index (χ0n) is 23.9. The van der Waals surface area contributed by atoms with Crippen molar-refractivity contribution in [3.05, 3.63) is 58.2 Å². The van der Waals surface area contributed by atoms with Gasteiger partial charge in [-0.25, -0.2) is 0 Å². The van der Waals surface area contributed by atoms with E-state index in [1.165, 1.54) is 80.1 Å². The highest BCUT2D eigenvalue weighted by Crippen LogP contribution is 2.13. The van der Waals surface area contributed by atoms with E-state index >= 15 is 0 Å². The van der Waals surface area contributed by atoms with Crippen molar-refractivity contribution < 1.29 is 0 Å². The summed E-state index contributed by atoms with van der Waals surface area (Å²) in [5, 5.41) is 0. The van der Waals surface area contributed by atoms with E-state index in [1.54, 1.807) is 5.57 Å². The lowest BCUT2D eigenvalue weighted by atomic mass is 10.0. The van der Waals surface area contributed by atoms with Gasteiger partial charge in [-0.1, -0.05) is 85.9 Å². The fourth-order valence-electron chi connectivity index (χ4n) is 3.13. The fraction of sp³-hybridized carbons (Fsp3) is 0.688. The maximum Gasteiger partial charge on any atom is -0.0288 e. The summed E-state index contributed by atoms with van der Waals surface area (Å²) in [6.07, 6.45) is 22.9. The first kappa shape index (κ1) is 32.9. The molecule has 0 heteroatoms. The van der Waals surface area contributed by atoms with Gasteiger partial charge >= 0.3 is 0 Å². The van der Waals surface area contributed by atoms with Gasteiger partial charge in [-0.15, -0.1) is 0 Å². The number of rotatable bonds is 14. The summed E-state index contributed by atoms with van der Waals surface area (Å²) in [7, 11) is 0. The summed E-state index contributed by atoms with van der Waals surface area (Å²) < 4.78 is 0. The molecule has 0 nitrogen and oxygen atoms in total. The van der Waals surface area contributed by atoms with Crippen molar-refractivity contribution in [3.63, 3.8) is 0 Å². The van der Waals surface area contributed by atoms with Gasteiger partial charge in [-0.2, -0.15) is 0 Å². The zero-order chi connectivity index (χ0) is 24.9. The van der Waals surface area contributed by atoms with E-state index < -0.39 is 0 Å². The van der Waals surface area contributed by atoms with E-state index in [0.717, 1.165) is 11.8 Å². The minimum Gasteiger partial charge on any atom is -0.0856 e. The van der Waals surface area contributed by atoms with Crippen LogP contribution in [0.5, 0.6) is 0 Å². The number of hydrogen-bond donors (Lipinski definition) is 0. The number of hydrogen-bond acceptors (Lipinski definition) is 0. The number of allylic oxidation sites excluding steroid dienone is 10. The third-order valence-corrected chi connectivity index (χ3v) is 5.39. The minimum absolute atomic E-state index is 0.779. The molecule has 0 fully saturated rings. The molecule has 0 spiro atoms. The summed E-state index contributed by atoms with van der Waals surface area (Å²) in [4.78, 5) is 0. The lowest BCUT2D eigenvalue weighted by Gasteiger charge is -2.03. The molecule has 0 aromatic rings. The van der Waals surface area contributed by atoms with Crippen LogP contribution in [0.25, 0.3) is 0 Å². The first-order valence-electron chi connectivity index (χ1n) is 13.2. The van der Waals surface area contributed by atoms with Crippen LogP contribution in [0.15, 0.2) is 58.2 Å². The highest BCUT2D eigenvalue weighted by Gasteiger charge is 1.94. The highest BCUT2D eigenvalue weighted by atomic mass is 14.0. The van der Waals surface area contributed by atoms with E-state index in [-0.39, 0.29) is 0 Å². The third kappa shape index (κ3) is 28.7. The highest BCUT2D eigenvalue weighted by molar-refractivity contribution is 5.05. The standard InChI is InChI=1S/C18H32.C14H26/c1-15(2)9-7-10-17(5)11-8-12-18(6)14-13-16(3)4;1-12(2)8-6-10-14(5)11-7-9-13(3)4/h9,11,14,16H,7-8,10,12-13H2,1-6H3;8,11,13H,6-7,9-10H2,1-5H3/b17-11+,18-14+;14-11+. The predicted octanol–water partition coefficient (Wildman–Crippen LogP) is 11.6. The lowest BCUT2D eigenvalue weighted by molar-refractivity contribution is 0.592. The molecular formula is C32H58. The van der Waals surface area contributed by atoms with Crippen molar-refractivity contribution in [2.24, 2.45) is 11.8 Å². The molecule has 0 radical (unpaired) electrons. The van der Waals surface area contributed by atoms with Crippen LogP contribution in [-0.4, -0.2) is 0 Å². The maximum absolute atomic E-state index is 2.41. The molecule has 32 heavy (non-hydrogen) atoms. The molecule has 0 bridgehead atoms. The van der Waals surface area contributed by atoms with Crippen LogP contribution in [-0.2, 0) is 0 Å². The summed E-state index contributed by atoms with van der Waals surface area (Å²) in [5.41, 5.74) is 7.47. The van der Waals surface area contributed by atoms with Crippen molar-refractivity contribution in [1.82, 2.24) is 0 Å². The average molecular weight is 443 g/mol. The molecule has 0 aromatic heterocycles. The molecule has 0 unspecified atom stereocenters. The topological polar surface area (TPSA) is 0 Å². The molecule has 0 aliphatic rings. The van der Waals surface area contributed by atoms with E-state index in [0.29, 0.717) is 0 Å². The molecule has 0 heterocycles. The predicted molar refractivity (Wildman–Crippen MR) is 151 cm³/mol. The monoisotopic (exact) mass is 442 g/mol. The summed E-state index contributed by atoms with van der Waals surface area (Å²) in [6.45, 7) is 24.5. The molecule has 0 aliphatic carbocycles. The van der Waals surface area contributed by atoms with Crippen molar-refractivity contribution in [2.45, 2.75) is 134 Å². The van der Waals surface area contributed by atoms with Gasteiger partial charge in [0.05, 0.1) is 0 Å². The summed E-state index contributed by atoms with van der Waals surface area (Å²) in [6, 6.07) is 0. The van der Waals surface area contributed by atoms with Gasteiger partial charge in [0.1, 0.15) is 0 Å². The minimum atomic E-state index is 0.779. The van der Waals surface area contributed by atoms with Crippen molar-refractivity contribution in [3.8, 4) is 0 Å². The van der Waals surface area contributed by atoms with E-state index in [2.05, 4.69) is 107 Å². The third-order valence-electron chi connectivity index (χ3n) is 5.39. The van der Waals surface area contributed by atoms with Crippen LogP contribution < -0.4 is 0 Å². The second kappa shape index (κ2) is 21.5. The van der Waals surface area contributed by atoms with Crippen molar-refractivity contribution >= 4 is 0 Å². The quantitative estimate of drug-likeness (QED) is 0.235. The first-order chi connectivity index (χ1) is 14.9. The normalized spacial score (nSPS) is 12.6. The Balaban J connectivity index is 0. The second-order valence-corrected chi connectivity index (χ2v) is 10.9. The van der Waals surface area contributed by atoms with E-state index in [9.17, 15) is 0 Å². The molecule has 0 saturated heterocycles. The van der Waals surface area contributed by atoms with Crippen LogP contribution >= 0.6 is 0 Å². The molecule has 0 N–H and O–H groups in total. The molecule has 0 aliphatic heterocycles. The Morgan fingerprint density at radius 2 is 0.844 bits per heavy atom. The second-order valence-electron chi connectivity index (χ2n) is 10.9. The van der Waals surface area contributed by atoms with Crippen LogP contribution in [0.3, 0.4) is 0 Å². The van der Waals surface area contributed by atoms with Crippen LogP contribution in [0.1, 0.15) is 134 Å². The smallest absolute Gasteiger partial charge is 0.0288 e. The van der Waals surface area contributed by atoms with Crippen LogP contribution in [0, 0.1) is 11.8 Å². The van der Waals surface area contributed by atoms with Gasteiger partial charge in [0.2, 0.25) is 0 Å². The van der Waals surface area contributed by atoms with Gasteiger partial charge in [0.15, 0.2) is 0 Å². The summed E-state index contributed by atoms with van der Waals surface area (Å²) >= 11 is 0. The Labute approximate surface area is 204 Å². The fourth-order valence-corrected chi connectivity index (χ4v) is 3.13. The Hall–Kier alpha value is -1.30. The maximum atomic E-state index is 2.41. The SMILES string of the molecule is CC(C)=CCC/C(C)=C/CC/C(C)=C/CC(C)C.CC(C)=CCC/C(C)=C/CCC(C)C. The Morgan fingerprint density at radius 3 is 1.22 bits per heavy atom. The van der Waals surface area contributed by atoms with Gasteiger partial charge in [0.25, 0.3) is 0 Å². The molecule has 0 saturated carbocycles. The lowest BCUT2D eigenvalue weighted by Crippen LogP contribution is -1.85. The van der Waals surface area contributed by atoms with Gasteiger partial charge in [0, 0.05) is 0 Å². The largest absolute Gasteiger partial charge is 0.0856 e. The van der Waals surface area contributed by atoms with Gasteiger partial charge in [-0.05, 0) is 118 Å². The van der Waals surface area contributed by atoms with E-state index in [4.69, 9.17) is 0 Å². The van der Waals surface area contributed by atoms with E-state index in [1.807, 2.05) is 0 Å². The van der Waals surface area contributed by atoms with Gasteiger partial charge in [-0.3, -0.25) is 0 Å². The van der Waals surface area contributed by atoms with Crippen molar-refractivity contribution in [1.29, 1.82) is 0 Å². The average Bonchev–Trinajstić information content (AvgIpc) is 2.66. The Bertz CT molecular complexity index is 594. The molecule has 0 aromatic carbocycles. The van der Waals surface area contributed by atoms with Crippen molar-refractivity contribution in [2.75, 3.05) is 0 Å². The summed E-state index contributed by atoms with van der Waals surface area (Å²) in [5.74, 6) is 1.61.